The summed E-state index contributed by atoms with van der Waals surface area (Å²) in [6.45, 7) is 4.28. The molecule has 6 nitrogen and oxygen atoms in total. The van der Waals surface area contributed by atoms with Gasteiger partial charge in [0.1, 0.15) is 0 Å². The van der Waals surface area contributed by atoms with Crippen LogP contribution in [-0.4, -0.2) is 24.3 Å². The van der Waals surface area contributed by atoms with Crippen molar-refractivity contribution in [3.8, 4) is 0 Å². The molecular formula is C20H19N2O4-. The summed E-state index contributed by atoms with van der Waals surface area (Å²) in [6, 6.07) is 11.6. The highest BCUT2D eigenvalue weighted by Crippen LogP contribution is 2.27. The second kappa shape index (κ2) is 7.00. The van der Waals surface area contributed by atoms with E-state index in [4.69, 9.17) is 0 Å². The van der Waals surface area contributed by atoms with Gasteiger partial charge in [-0.2, -0.15) is 0 Å². The molecule has 2 amide bonds. The van der Waals surface area contributed by atoms with Crippen LogP contribution >= 0.6 is 0 Å². The van der Waals surface area contributed by atoms with E-state index in [1.807, 2.05) is 32.0 Å². The summed E-state index contributed by atoms with van der Waals surface area (Å²) < 4.78 is 0. The van der Waals surface area contributed by atoms with E-state index < -0.39 is 11.9 Å². The highest BCUT2D eigenvalue weighted by Gasteiger charge is 2.35. The predicted molar refractivity (Wildman–Crippen MR) is 95.8 cm³/mol. The molecule has 0 aromatic heterocycles. The van der Waals surface area contributed by atoms with Gasteiger partial charge in [-0.15, -0.1) is 0 Å². The SMILES string of the molecule is Cc1ccc(N2C[C@H](C(=O)Nc3cccc(C(=O)[O-])c3)CC2=O)cc1C. The Kier molecular flexibility index (Phi) is 4.75. The van der Waals surface area contributed by atoms with Crippen LogP contribution in [-0.2, 0) is 9.59 Å². The van der Waals surface area contributed by atoms with Crippen LogP contribution in [0.3, 0.4) is 0 Å². The summed E-state index contributed by atoms with van der Waals surface area (Å²) in [4.78, 5) is 37.4. The molecule has 1 aliphatic heterocycles. The molecular weight excluding hydrogens is 332 g/mol. The molecule has 0 radical (unpaired) electrons. The highest BCUT2D eigenvalue weighted by molar-refractivity contribution is 6.03. The zero-order valence-electron chi connectivity index (χ0n) is 14.6. The van der Waals surface area contributed by atoms with Gasteiger partial charge in [-0.3, -0.25) is 9.59 Å². The third-order valence-electron chi connectivity index (χ3n) is 4.66. The number of amides is 2. The minimum absolute atomic E-state index is 0.0120. The summed E-state index contributed by atoms with van der Waals surface area (Å²) in [5, 5.41) is 13.6. The van der Waals surface area contributed by atoms with Gasteiger partial charge in [-0.1, -0.05) is 18.2 Å². The quantitative estimate of drug-likeness (QED) is 0.907. The van der Waals surface area contributed by atoms with E-state index in [0.717, 1.165) is 16.8 Å². The van der Waals surface area contributed by atoms with E-state index in [-0.39, 0.29) is 23.8 Å². The maximum absolute atomic E-state index is 12.5. The Labute approximate surface area is 151 Å². The van der Waals surface area contributed by atoms with Crippen molar-refractivity contribution in [2.75, 3.05) is 16.8 Å². The predicted octanol–water partition coefficient (Wildman–Crippen LogP) is 1.66. The first-order valence-corrected chi connectivity index (χ1v) is 8.35. The summed E-state index contributed by atoms with van der Waals surface area (Å²) in [5.41, 5.74) is 3.37. The zero-order valence-corrected chi connectivity index (χ0v) is 14.6. The molecule has 0 bridgehead atoms. The van der Waals surface area contributed by atoms with E-state index in [9.17, 15) is 19.5 Å². The number of hydrogen-bond donors (Lipinski definition) is 1. The van der Waals surface area contributed by atoms with Crippen LogP contribution in [0.4, 0.5) is 11.4 Å². The summed E-state index contributed by atoms with van der Waals surface area (Å²) in [6.07, 6.45) is 0.124. The van der Waals surface area contributed by atoms with Gasteiger partial charge in [0.05, 0.1) is 11.9 Å². The first-order chi connectivity index (χ1) is 12.3. The molecule has 1 heterocycles. The van der Waals surface area contributed by atoms with Crippen molar-refractivity contribution in [1.82, 2.24) is 0 Å². The number of carboxylic acids is 1. The van der Waals surface area contributed by atoms with E-state index in [1.165, 1.54) is 18.2 Å². The molecule has 2 aromatic rings. The second-order valence-electron chi connectivity index (χ2n) is 6.53. The molecule has 1 aliphatic rings. The van der Waals surface area contributed by atoms with Gasteiger partial charge < -0.3 is 20.1 Å². The number of carboxylic acid groups (broad SMARTS) is 1. The molecule has 3 rings (SSSR count). The monoisotopic (exact) mass is 351 g/mol. The van der Waals surface area contributed by atoms with Gasteiger partial charge in [0.25, 0.3) is 0 Å². The minimum atomic E-state index is -1.31. The third kappa shape index (κ3) is 3.59. The fourth-order valence-corrected chi connectivity index (χ4v) is 2.99. The summed E-state index contributed by atoms with van der Waals surface area (Å²) in [5.74, 6) is -2.20. The molecule has 2 aromatic carbocycles. The molecule has 6 heteroatoms. The van der Waals surface area contributed by atoms with E-state index in [1.54, 1.807) is 11.0 Å². The van der Waals surface area contributed by atoms with Crippen LogP contribution in [0.25, 0.3) is 0 Å². The Bertz CT molecular complexity index is 891. The van der Waals surface area contributed by atoms with Gasteiger partial charge in [0.15, 0.2) is 0 Å². The largest absolute Gasteiger partial charge is 0.545 e. The number of hydrogen-bond acceptors (Lipinski definition) is 4. The molecule has 26 heavy (non-hydrogen) atoms. The number of anilines is 2. The van der Waals surface area contributed by atoms with E-state index in [0.29, 0.717) is 12.2 Å². The van der Waals surface area contributed by atoms with Crippen LogP contribution in [0.1, 0.15) is 27.9 Å². The smallest absolute Gasteiger partial charge is 0.229 e. The Hall–Kier alpha value is -3.15. The van der Waals surface area contributed by atoms with E-state index >= 15 is 0 Å². The number of aromatic carboxylic acids is 1. The van der Waals surface area contributed by atoms with Gasteiger partial charge >= 0.3 is 0 Å². The number of carbonyl (C=O) groups excluding carboxylic acids is 3. The lowest BCUT2D eigenvalue weighted by Gasteiger charge is -2.18. The van der Waals surface area contributed by atoms with Crippen LogP contribution < -0.4 is 15.3 Å². The van der Waals surface area contributed by atoms with Crippen molar-refractivity contribution in [2.45, 2.75) is 20.3 Å². The Balaban J connectivity index is 1.71. The fourth-order valence-electron chi connectivity index (χ4n) is 2.99. The Morgan fingerprint density at radius 2 is 1.88 bits per heavy atom. The Morgan fingerprint density at radius 3 is 2.58 bits per heavy atom. The second-order valence-corrected chi connectivity index (χ2v) is 6.53. The first kappa shape index (κ1) is 17.7. The van der Waals surface area contributed by atoms with Gasteiger partial charge in [0.2, 0.25) is 11.8 Å². The average molecular weight is 351 g/mol. The van der Waals surface area contributed by atoms with Crippen molar-refractivity contribution in [3.05, 3.63) is 59.2 Å². The molecule has 1 saturated heterocycles. The van der Waals surface area contributed by atoms with Crippen molar-refractivity contribution < 1.29 is 19.5 Å². The lowest BCUT2D eigenvalue weighted by Crippen LogP contribution is -2.28. The molecule has 0 aliphatic carbocycles. The van der Waals surface area contributed by atoms with Gasteiger partial charge in [0, 0.05) is 24.3 Å². The molecule has 1 fully saturated rings. The summed E-state index contributed by atoms with van der Waals surface area (Å²) >= 11 is 0. The van der Waals surface area contributed by atoms with Crippen molar-refractivity contribution in [3.63, 3.8) is 0 Å². The maximum atomic E-state index is 12.5. The lowest BCUT2D eigenvalue weighted by molar-refractivity contribution is -0.255. The number of carbonyl (C=O) groups is 3. The normalized spacial score (nSPS) is 16.6. The minimum Gasteiger partial charge on any atom is -0.545 e. The first-order valence-electron chi connectivity index (χ1n) is 8.35. The summed E-state index contributed by atoms with van der Waals surface area (Å²) in [7, 11) is 0. The van der Waals surface area contributed by atoms with Crippen molar-refractivity contribution in [2.24, 2.45) is 5.92 Å². The van der Waals surface area contributed by atoms with Crippen molar-refractivity contribution >= 4 is 29.2 Å². The van der Waals surface area contributed by atoms with Crippen LogP contribution in [0.15, 0.2) is 42.5 Å². The number of benzene rings is 2. The van der Waals surface area contributed by atoms with Gasteiger partial charge in [-0.05, 0) is 54.8 Å². The number of aryl methyl sites for hydroxylation is 2. The van der Waals surface area contributed by atoms with Crippen LogP contribution in [0, 0.1) is 19.8 Å². The standard InChI is InChI=1S/C20H20N2O4/c1-12-6-7-17(8-13(12)2)22-11-15(10-18(22)23)19(24)21-16-5-3-4-14(9-16)20(25)26/h3-9,15H,10-11H2,1-2H3,(H,21,24)(H,25,26)/p-1/t15-/m1/s1. The molecule has 1 N–H and O–H groups in total. The zero-order chi connectivity index (χ0) is 18.8. The van der Waals surface area contributed by atoms with E-state index in [2.05, 4.69) is 5.32 Å². The number of nitrogens with zero attached hydrogens (tertiary/aromatic N) is 1. The highest BCUT2D eigenvalue weighted by atomic mass is 16.4. The lowest BCUT2D eigenvalue weighted by atomic mass is 10.1. The van der Waals surface area contributed by atoms with Crippen LogP contribution in [0.5, 0.6) is 0 Å². The Morgan fingerprint density at radius 1 is 1.12 bits per heavy atom. The molecule has 134 valence electrons. The number of rotatable bonds is 4. The molecule has 0 spiro atoms. The fraction of sp³-hybridized carbons (Fsp3) is 0.250. The average Bonchev–Trinajstić information content (AvgIpc) is 2.99. The third-order valence-corrected chi connectivity index (χ3v) is 4.66. The van der Waals surface area contributed by atoms with Crippen molar-refractivity contribution in [1.29, 1.82) is 0 Å². The maximum Gasteiger partial charge on any atom is 0.229 e. The van der Waals surface area contributed by atoms with Gasteiger partial charge in [-0.25, -0.2) is 0 Å². The topological polar surface area (TPSA) is 89.5 Å². The number of nitrogens with one attached hydrogen (secondary N) is 1. The molecule has 0 unspecified atom stereocenters. The molecule has 1 atom stereocenters. The molecule has 0 saturated carbocycles. The van der Waals surface area contributed by atoms with Crippen LogP contribution in [0.2, 0.25) is 0 Å².